The van der Waals surface area contributed by atoms with Crippen LogP contribution in [0.25, 0.3) is 0 Å². The highest BCUT2D eigenvalue weighted by Gasteiger charge is 2.41. The molecule has 0 aliphatic carbocycles. The lowest BCUT2D eigenvalue weighted by molar-refractivity contribution is -0.137. The molecule has 1 N–H and O–H groups in total. The molecule has 1 heterocycles. The van der Waals surface area contributed by atoms with E-state index in [0.29, 0.717) is 12.3 Å². The van der Waals surface area contributed by atoms with Crippen molar-refractivity contribution in [1.29, 1.82) is 0 Å². The number of hydrogen-bond donors (Lipinski definition) is 1. The summed E-state index contributed by atoms with van der Waals surface area (Å²) in [6, 6.07) is 15.1. The van der Waals surface area contributed by atoms with Crippen LogP contribution in [0.15, 0.2) is 47.4 Å². The van der Waals surface area contributed by atoms with E-state index in [1.165, 1.54) is 35.3 Å². The quantitative estimate of drug-likeness (QED) is 0.347. The molecule has 5 heteroatoms. The fourth-order valence-electron chi connectivity index (χ4n) is 4.79. The molecule has 2 unspecified atom stereocenters. The third kappa shape index (κ3) is 6.00. The highest BCUT2D eigenvalue weighted by atomic mass is 32.2. The van der Waals surface area contributed by atoms with Gasteiger partial charge in [-0.2, -0.15) is 0 Å². The summed E-state index contributed by atoms with van der Waals surface area (Å²) >= 11 is 1.93. The van der Waals surface area contributed by atoms with Gasteiger partial charge < -0.3 is 14.6 Å². The molecule has 0 radical (unpaired) electrons. The zero-order valence-electron chi connectivity index (χ0n) is 19.6. The first-order valence-corrected chi connectivity index (χ1v) is 12.6. The van der Waals surface area contributed by atoms with Gasteiger partial charge in [-0.3, -0.25) is 4.79 Å². The molecule has 0 fully saturated rings. The van der Waals surface area contributed by atoms with Crippen LogP contribution in [0.4, 0.5) is 0 Å². The van der Waals surface area contributed by atoms with Crippen LogP contribution in [-0.4, -0.2) is 31.0 Å². The number of hydrogen-bond acceptors (Lipinski definition) is 4. The molecule has 2 aromatic carbocycles. The predicted octanol–water partition coefficient (Wildman–Crippen LogP) is 7.06. The van der Waals surface area contributed by atoms with Crippen LogP contribution in [0.5, 0.6) is 11.5 Å². The van der Waals surface area contributed by atoms with Crippen molar-refractivity contribution in [3.63, 3.8) is 0 Å². The third-order valence-electron chi connectivity index (χ3n) is 6.78. The lowest BCUT2D eigenvalue weighted by atomic mass is 9.68. The number of carboxylic acid groups (broad SMARTS) is 1. The first-order valence-electron chi connectivity index (χ1n) is 11.6. The predicted molar refractivity (Wildman–Crippen MR) is 131 cm³/mol. The van der Waals surface area contributed by atoms with E-state index < -0.39 is 5.97 Å². The molecule has 1 aliphatic heterocycles. The first-order chi connectivity index (χ1) is 15.5. The van der Waals surface area contributed by atoms with E-state index in [4.69, 9.17) is 14.6 Å². The fraction of sp³-hybridized carbons (Fsp3) is 0.519. The maximum atomic E-state index is 10.6. The highest BCUT2D eigenvalue weighted by molar-refractivity contribution is 7.99. The lowest BCUT2D eigenvalue weighted by Gasteiger charge is -2.43. The summed E-state index contributed by atoms with van der Waals surface area (Å²) < 4.78 is 10.9. The second kappa shape index (κ2) is 11.6. The van der Waals surface area contributed by atoms with Gasteiger partial charge in [-0.25, -0.2) is 0 Å². The monoisotopic (exact) mass is 456 g/mol. The molecule has 174 valence electrons. The molecule has 0 saturated carbocycles. The normalized spacial score (nSPS) is 19.9. The van der Waals surface area contributed by atoms with Gasteiger partial charge in [0, 0.05) is 22.5 Å². The number of methoxy groups -OCH3 is 2. The van der Waals surface area contributed by atoms with Crippen LogP contribution in [0.2, 0.25) is 0 Å². The molecule has 0 spiro atoms. The molecular weight excluding hydrogens is 420 g/mol. The molecule has 0 aromatic heterocycles. The second-order valence-corrected chi connectivity index (χ2v) is 9.96. The van der Waals surface area contributed by atoms with Crippen molar-refractivity contribution >= 4 is 17.7 Å². The number of thioether (sulfide) groups is 1. The zero-order valence-corrected chi connectivity index (χ0v) is 20.4. The summed E-state index contributed by atoms with van der Waals surface area (Å²) in [4.78, 5) is 12.0. The Morgan fingerprint density at radius 1 is 0.969 bits per heavy atom. The molecular formula is C27H36O4S. The SMILES string of the molecule is COc1ccc(C2(C)CSc3cc(OC)ccc3C2CCCCCCCCC(=O)O)cc1. The average molecular weight is 457 g/mol. The number of aliphatic carboxylic acids is 1. The van der Waals surface area contributed by atoms with Gasteiger partial charge in [-0.05, 0) is 54.2 Å². The van der Waals surface area contributed by atoms with Gasteiger partial charge in [0.1, 0.15) is 11.5 Å². The van der Waals surface area contributed by atoms with Crippen molar-refractivity contribution in [2.24, 2.45) is 0 Å². The Balaban J connectivity index is 1.71. The molecule has 0 amide bonds. The lowest BCUT2D eigenvalue weighted by Crippen LogP contribution is -2.36. The van der Waals surface area contributed by atoms with E-state index in [-0.39, 0.29) is 5.41 Å². The highest BCUT2D eigenvalue weighted by Crippen LogP contribution is 2.52. The largest absolute Gasteiger partial charge is 0.497 e. The number of fused-ring (bicyclic) bond motifs is 1. The van der Waals surface area contributed by atoms with Gasteiger partial charge >= 0.3 is 5.97 Å². The van der Waals surface area contributed by atoms with Crippen LogP contribution in [0, 0.1) is 0 Å². The van der Waals surface area contributed by atoms with Crippen molar-refractivity contribution in [1.82, 2.24) is 0 Å². The minimum atomic E-state index is -0.687. The standard InChI is InChI=1S/C27H36O4S/c1-27(20-12-14-21(30-2)15-13-20)19-32-25-18-22(31-3)16-17-23(25)24(27)10-8-6-4-5-7-9-11-26(28)29/h12-18,24H,4-11,19H2,1-3H3,(H,28,29). The van der Waals surface area contributed by atoms with E-state index in [2.05, 4.69) is 49.4 Å². The van der Waals surface area contributed by atoms with Crippen LogP contribution < -0.4 is 9.47 Å². The number of unbranched alkanes of at least 4 members (excludes halogenated alkanes) is 5. The maximum absolute atomic E-state index is 10.6. The minimum absolute atomic E-state index is 0.0556. The third-order valence-corrected chi connectivity index (χ3v) is 8.18. The van der Waals surface area contributed by atoms with E-state index in [0.717, 1.165) is 42.9 Å². The van der Waals surface area contributed by atoms with Gasteiger partial charge in [-0.15, -0.1) is 11.8 Å². The topological polar surface area (TPSA) is 55.8 Å². The van der Waals surface area contributed by atoms with Crippen molar-refractivity contribution in [2.45, 2.75) is 74.5 Å². The van der Waals surface area contributed by atoms with Gasteiger partial charge in [0.2, 0.25) is 0 Å². The van der Waals surface area contributed by atoms with Crippen LogP contribution in [0.3, 0.4) is 0 Å². The average Bonchev–Trinajstić information content (AvgIpc) is 2.81. The molecule has 4 nitrogen and oxygen atoms in total. The number of ether oxygens (including phenoxy) is 2. The Morgan fingerprint density at radius 2 is 1.59 bits per heavy atom. The van der Waals surface area contributed by atoms with E-state index in [1.54, 1.807) is 14.2 Å². The van der Waals surface area contributed by atoms with Crippen molar-refractivity contribution < 1.29 is 19.4 Å². The van der Waals surface area contributed by atoms with Crippen molar-refractivity contribution in [3.8, 4) is 11.5 Å². The second-order valence-electron chi connectivity index (χ2n) is 8.94. The summed E-state index contributed by atoms with van der Waals surface area (Å²) in [7, 11) is 3.44. The summed E-state index contributed by atoms with van der Waals surface area (Å²) in [5, 5.41) is 8.77. The van der Waals surface area contributed by atoms with Crippen LogP contribution in [0.1, 0.15) is 75.3 Å². The van der Waals surface area contributed by atoms with E-state index in [1.807, 2.05) is 11.8 Å². The number of carbonyl (C=O) groups is 1. The Bertz CT molecular complexity index is 880. The molecule has 0 bridgehead atoms. The van der Waals surface area contributed by atoms with Crippen molar-refractivity contribution in [2.75, 3.05) is 20.0 Å². The Morgan fingerprint density at radius 3 is 2.25 bits per heavy atom. The fourth-order valence-corrected chi connectivity index (χ4v) is 6.19. The number of carboxylic acids is 1. The zero-order chi connectivity index (χ0) is 23.0. The van der Waals surface area contributed by atoms with Crippen molar-refractivity contribution in [3.05, 3.63) is 53.6 Å². The van der Waals surface area contributed by atoms with Crippen LogP contribution >= 0.6 is 11.8 Å². The molecule has 2 atom stereocenters. The molecule has 3 rings (SSSR count). The van der Waals surface area contributed by atoms with Gasteiger partial charge in [0.25, 0.3) is 0 Å². The minimum Gasteiger partial charge on any atom is -0.497 e. The molecule has 1 aliphatic rings. The Hall–Kier alpha value is -2.14. The van der Waals surface area contributed by atoms with Gasteiger partial charge in [-0.1, -0.05) is 57.2 Å². The summed E-state index contributed by atoms with van der Waals surface area (Å²) in [6.07, 6.45) is 7.93. The first kappa shape index (κ1) is 24.5. The summed E-state index contributed by atoms with van der Waals surface area (Å²) in [5.74, 6) is 2.62. The maximum Gasteiger partial charge on any atom is 0.303 e. The Kier molecular flexibility index (Phi) is 8.92. The molecule has 2 aromatic rings. The van der Waals surface area contributed by atoms with Crippen LogP contribution in [-0.2, 0) is 10.2 Å². The molecule has 0 saturated heterocycles. The van der Waals surface area contributed by atoms with Gasteiger partial charge in [0.15, 0.2) is 0 Å². The van der Waals surface area contributed by atoms with E-state index >= 15 is 0 Å². The number of benzene rings is 2. The summed E-state index contributed by atoms with van der Waals surface area (Å²) in [6.45, 7) is 2.41. The number of rotatable bonds is 12. The van der Waals surface area contributed by atoms with Gasteiger partial charge in [0.05, 0.1) is 14.2 Å². The molecule has 32 heavy (non-hydrogen) atoms. The smallest absolute Gasteiger partial charge is 0.303 e. The van der Waals surface area contributed by atoms with E-state index in [9.17, 15) is 4.79 Å². The summed E-state index contributed by atoms with van der Waals surface area (Å²) in [5.41, 5.74) is 2.85. The Labute approximate surface area is 196 Å².